The molecule has 3 rings (SSSR count). The summed E-state index contributed by atoms with van der Waals surface area (Å²) in [5.74, 6) is 0.108. The zero-order valence-corrected chi connectivity index (χ0v) is 11.2. The van der Waals surface area contributed by atoms with Gasteiger partial charge in [0.2, 0.25) is 0 Å². The van der Waals surface area contributed by atoms with Gasteiger partial charge in [-0.2, -0.15) is 11.3 Å². The highest BCUT2D eigenvalue weighted by Gasteiger charge is 2.46. The number of rotatable bonds is 2. The molecule has 3 heterocycles. The summed E-state index contributed by atoms with van der Waals surface area (Å²) in [5, 5.41) is 3.84. The van der Waals surface area contributed by atoms with Crippen molar-refractivity contribution in [3.05, 3.63) is 22.4 Å². The smallest absolute Gasteiger partial charge is 0.255 e. The lowest BCUT2D eigenvalue weighted by Crippen LogP contribution is -2.43. The van der Waals surface area contributed by atoms with Crippen LogP contribution in [0.4, 0.5) is 0 Å². The van der Waals surface area contributed by atoms with Gasteiger partial charge in [-0.05, 0) is 24.3 Å². The molecule has 0 aromatic carbocycles. The summed E-state index contributed by atoms with van der Waals surface area (Å²) in [6, 6.07) is 2.06. The van der Waals surface area contributed by atoms with E-state index in [4.69, 9.17) is 9.47 Å². The Morgan fingerprint density at radius 2 is 2.50 bits per heavy atom. The minimum Gasteiger partial charge on any atom is -0.377 e. The highest BCUT2D eigenvalue weighted by atomic mass is 32.1. The third kappa shape index (κ3) is 1.96. The van der Waals surface area contributed by atoms with Crippen molar-refractivity contribution in [2.45, 2.75) is 31.1 Å². The van der Waals surface area contributed by atoms with E-state index in [2.05, 4.69) is 0 Å². The van der Waals surface area contributed by atoms with Crippen molar-refractivity contribution in [2.75, 3.05) is 20.3 Å². The molecule has 4 nitrogen and oxygen atoms in total. The summed E-state index contributed by atoms with van der Waals surface area (Å²) in [6.45, 7) is 1.42. The Balaban J connectivity index is 1.82. The normalized spacial score (nSPS) is 31.4. The number of thiophene rings is 1. The minimum atomic E-state index is 0.0119. The van der Waals surface area contributed by atoms with Crippen LogP contribution in [0.1, 0.15) is 23.2 Å². The van der Waals surface area contributed by atoms with Crippen LogP contribution in [0.3, 0.4) is 0 Å². The molecular weight excluding hydrogens is 250 g/mol. The van der Waals surface area contributed by atoms with Gasteiger partial charge in [-0.3, -0.25) is 4.79 Å². The maximum absolute atomic E-state index is 12.4. The summed E-state index contributed by atoms with van der Waals surface area (Å²) in [5.41, 5.74) is 0.779. The Bertz CT molecular complexity index is 420. The molecule has 0 radical (unpaired) electrons. The topological polar surface area (TPSA) is 38.8 Å². The second kappa shape index (κ2) is 4.99. The molecule has 3 atom stereocenters. The van der Waals surface area contributed by atoms with Gasteiger partial charge in [-0.1, -0.05) is 0 Å². The van der Waals surface area contributed by atoms with Crippen LogP contribution in [0.15, 0.2) is 16.8 Å². The van der Waals surface area contributed by atoms with Gasteiger partial charge in [0, 0.05) is 19.1 Å². The predicted molar refractivity (Wildman–Crippen MR) is 68.9 cm³/mol. The largest absolute Gasteiger partial charge is 0.377 e. The standard InChI is InChI=1S/C13H17NO3S/c1-16-11-7-14(10-3-2-5-17-12(10)11)13(15)9-4-6-18-8-9/h4,6,8,10-12H,2-3,5,7H2,1H3/t10-,11+,12+/m0/s1. The molecule has 0 saturated carbocycles. The van der Waals surface area contributed by atoms with Crippen LogP contribution in [0.25, 0.3) is 0 Å². The third-order valence-corrected chi connectivity index (χ3v) is 4.49. The number of likely N-dealkylation sites (tertiary alicyclic amines) is 1. The summed E-state index contributed by atoms with van der Waals surface area (Å²) < 4.78 is 11.2. The predicted octanol–water partition coefficient (Wildman–Crippen LogP) is 1.77. The SMILES string of the molecule is CO[C@@H]1CN(C(=O)c2ccsc2)[C@H]2CCCO[C@@H]12. The summed E-state index contributed by atoms with van der Waals surface area (Å²) >= 11 is 1.55. The lowest BCUT2D eigenvalue weighted by Gasteiger charge is -2.31. The van der Waals surface area contributed by atoms with Crippen LogP contribution in [-0.4, -0.2) is 49.3 Å². The molecule has 0 N–H and O–H groups in total. The Hall–Kier alpha value is -0.910. The molecule has 0 unspecified atom stereocenters. The lowest BCUT2D eigenvalue weighted by atomic mass is 10.0. The monoisotopic (exact) mass is 267 g/mol. The van der Waals surface area contributed by atoms with E-state index in [0.29, 0.717) is 6.54 Å². The number of carbonyl (C=O) groups is 1. The number of methoxy groups -OCH3 is 1. The van der Waals surface area contributed by atoms with E-state index in [1.165, 1.54) is 0 Å². The van der Waals surface area contributed by atoms with Crippen molar-refractivity contribution in [1.29, 1.82) is 0 Å². The van der Waals surface area contributed by atoms with Gasteiger partial charge in [0.1, 0.15) is 12.2 Å². The number of hydrogen-bond donors (Lipinski definition) is 0. The molecule has 98 valence electrons. The van der Waals surface area contributed by atoms with Crippen LogP contribution >= 0.6 is 11.3 Å². The van der Waals surface area contributed by atoms with Crippen molar-refractivity contribution >= 4 is 17.2 Å². The number of fused-ring (bicyclic) bond motifs is 1. The van der Waals surface area contributed by atoms with Crippen LogP contribution in [-0.2, 0) is 9.47 Å². The average Bonchev–Trinajstić information content (AvgIpc) is 3.05. The Labute approximate surface area is 110 Å². The molecule has 2 aliphatic heterocycles. The second-order valence-electron chi connectivity index (χ2n) is 4.79. The van der Waals surface area contributed by atoms with E-state index in [-0.39, 0.29) is 24.2 Å². The highest BCUT2D eigenvalue weighted by molar-refractivity contribution is 7.08. The number of hydrogen-bond acceptors (Lipinski definition) is 4. The van der Waals surface area contributed by atoms with E-state index < -0.39 is 0 Å². The highest BCUT2D eigenvalue weighted by Crippen LogP contribution is 2.31. The Kier molecular flexibility index (Phi) is 3.37. The Morgan fingerprint density at radius 3 is 3.22 bits per heavy atom. The molecule has 18 heavy (non-hydrogen) atoms. The van der Waals surface area contributed by atoms with Gasteiger partial charge < -0.3 is 14.4 Å². The summed E-state index contributed by atoms with van der Waals surface area (Å²) in [7, 11) is 1.69. The molecule has 0 spiro atoms. The van der Waals surface area contributed by atoms with Crippen LogP contribution in [0.2, 0.25) is 0 Å². The van der Waals surface area contributed by atoms with E-state index in [9.17, 15) is 4.79 Å². The molecule has 2 saturated heterocycles. The van der Waals surface area contributed by atoms with Crippen molar-refractivity contribution in [3.63, 3.8) is 0 Å². The zero-order chi connectivity index (χ0) is 12.5. The molecule has 1 aromatic rings. The number of nitrogens with zero attached hydrogens (tertiary/aromatic N) is 1. The molecule has 1 aromatic heterocycles. The number of amides is 1. The summed E-state index contributed by atoms with van der Waals surface area (Å²) in [6.07, 6.45) is 2.09. The molecular formula is C13H17NO3S. The third-order valence-electron chi connectivity index (χ3n) is 3.81. The van der Waals surface area contributed by atoms with Gasteiger partial charge in [0.25, 0.3) is 5.91 Å². The van der Waals surface area contributed by atoms with Crippen molar-refractivity contribution in [1.82, 2.24) is 4.90 Å². The lowest BCUT2D eigenvalue weighted by molar-refractivity contribution is -0.0639. The number of carbonyl (C=O) groups excluding carboxylic acids is 1. The van der Waals surface area contributed by atoms with Gasteiger partial charge in [-0.25, -0.2) is 0 Å². The Morgan fingerprint density at radius 1 is 1.61 bits per heavy atom. The first-order valence-electron chi connectivity index (χ1n) is 6.29. The van der Waals surface area contributed by atoms with Gasteiger partial charge in [-0.15, -0.1) is 0 Å². The second-order valence-corrected chi connectivity index (χ2v) is 5.57. The van der Waals surface area contributed by atoms with Crippen LogP contribution in [0.5, 0.6) is 0 Å². The first kappa shape index (κ1) is 12.1. The van der Waals surface area contributed by atoms with Crippen molar-refractivity contribution in [2.24, 2.45) is 0 Å². The van der Waals surface area contributed by atoms with Crippen molar-refractivity contribution in [3.8, 4) is 0 Å². The quantitative estimate of drug-likeness (QED) is 0.819. The molecule has 5 heteroatoms. The molecule has 0 bridgehead atoms. The molecule has 0 aliphatic carbocycles. The van der Waals surface area contributed by atoms with E-state index in [1.807, 2.05) is 21.7 Å². The van der Waals surface area contributed by atoms with E-state index >= 15 is 0 Å². The fourth-order valence-corrected chi connectivity index (χ4v) is 3.53. The zero-order valence-electron chi connectivity index (χ0n) is 10.4. The first-order chi connectivity index (χ1) is 8.81. The van der Waals surface area contributed by atoms with Gasteiger partial charge in [0.05, 0.1) is 18.2 Å². The fraction of sp³-hybridized carbons (Fsp3) is 0.615. The van der Waals surface area contributed by atoms with E-state index in [1.54, 1.807) is 18.4 Å². The van der Waals surface area contributed by atoms with Crippen LogP contribution in [0, 0.1) is 0 Å². The fourth-order valence-electron chi connectivity index (χ4n) is 2.90. The molecule has 1 amide bonds. The molecule has 2 aliphatic rings. The first-order valence-corrected chi connectivity index (χ1v) is 7.23. The molecule has 2 fully saturated rings. The minimum absolute atomic E-state index is 0.0119. The van der Waals surface area contributed by atoms with E-state index in [0.717, 1.165) is 25.0 Å². The van der Waals surface area contributed by atoms with Crippen molar-refractivity contribution < 1.29 is 14.3 Å². The average molecular weight is 267 g/mol. The number of ether oxygens (including phenoxy) is 2. The maximum atomic E-state index is 12.4. The van der Waals surface area contributed by atoms with Gasteiger partial charge >= 0.3 is 0 Å². The maximum Gasteiger partial charge on any atom is 0.255 e. The van der Waals surface area contributed by atoms with Gasteiger partial charge in [0.15, 0.2) is 0 Å². The summed E-state index contributed by atoms with van der Waals surface area (Å²) in [4.78, 5) is 14.4. The van der Waals surface area contributed by atoms with Crippen LogP contribution < -0.4 is 0 Å².